The first kappa shape index (κ1) is 21.6. The molecule has 1 aromatic heterocycles. The number of aromatic nitrogens is 1. The number of nitriles is 1. The van der Waals surface area contributed by atoms with Crippen LogP contribution in [0.25, 0.3) is 0 Å². The third kappa shape index (κ3) is 5.49. The molecule has 0 aliphatic heterocycles. The number of hydrogen-bond donors (Lipinski definition) is 1. The molecular weight excluding hydrogens is 409 g/mol. The molecule has 0 bridgehead atoms. The molecule has 29 heavy (non-hydrogen) atoms. The predicted octanol–water partition coefficient (Wildman–Crippen LogP) is 5.91. The van der Waals surface area contributed by atoms with Crippen molar-refractivity contribution >= 4 is 35.0 Å². The molecule has 1 N–H and O–H groups in total. The lowest BCUT2D eigenvalue weighted by molar-refractivity contribution is -0.115. The molecule has 1 amide bonds. The largest absolute Gasteiger partial charge is 0.325 e. The van der Waals surface area contributed by atoms with E-state index in [4.69, 9.17) is 16.6 Å². The Morgan fingerprint density at radius 2 is 2.07 bits per heavy atom. The molecule has 1 atom stereocenters. The summed E-state index contributed by atoms with van der Waals surface area (Å²) in [7, 11) is 0. The zero-order valence-electron chi connectivity index (χ0n) is 16.3. The summed E-state index contributed by atoms with van der Waals surface area (Å²) in [5.74, 6) is -0.757. The summed E-state index contributed by atoms with van der Waals surface area (Å²) in [6.45, 7) is 1.91. The van der Waals surface area contributed by atoms with E-state index in [9.17, 15) is 14.4 Å². The summed E-state index contributed by atoms with van der Waals surface area (Å²) in [5, 5.41) is 12.5. The Kier molecular flexibility index (Phi) is 7.51. The van der Waals surface area contributed by atoms with Crippen molar-refractivity contribution in [3.05, 3.63) is 51.9 Å². The van der Waals surface area contributed by atoms with E-state index in [-0.39, 0.29) is 10.9 Å². The van der Waals surface area contributed by atoms with Gasteiger partial charge in [0, 0.05) is 11.4 Å². The minimum Gasteiger partial charge on any atom is -0.325 e. The fourth-order valence-corrected chi connectivity index (χ4v) is 4.57. The Balaban J connectivity index is 1.80. The normalized spacial score (nSPS) is 14.8. The molecule has 0 radical (unpaired) electrons. The number of carbonyl (C=O) groups is 1. The number of rotatable bonds is 5. The lowest BCUT2D eigenvalue weighted by atomic mass is 9.96. The van der Waals surface area contributed by atoms with Crippen LogP contribution in [0.15, 0.2) is 29.3 Å². The van der Waals surface area contributed by atoms with E-state index in [1.165, 1.54) is 42.8 Å². The van der Waals surface area contributed by atoms with Gasteiger partial charge in [-0.3, -0.25) is 4.79 Å². The van der Waals surface area contributed by atoms with Crippen molar-refractivity contribution in [1.82, 2.24) is 4.98 Å². The maximum Gasteiger partial charge on any atom is 0.237 e. The Hall–Kier alpha value is -2.10. The number of fused-ring (bicyclic) bond motifs is 1. The minimum atomic E-state index is -0.533. The van der Waals surface area contributed by atoms with Crippen molar-refractivity contribution in [1.29, 1.82) is 5.26 Å². The van der Waals surface area contributed by atoms with E-state index < -0.39 is 11.1 Å². The van der Waals surface area contributed by atoms with Crippen LogP contribution in [-0.2, 0) is 17.6 Å². The maximum absolute atomic E-state index is 13.3. The van der Waals surface area contributed by atoms with Gasteiger partial charge in [-0.2, -0.15) is 5.26 Å². The molecule has 1 heterocycles. The molecule has 1 aliphatic carbocycles. The second kappa shape index (κ2) is 10.1. The summed E-state index contributed by atoms with van der Waals surface area (Å²) >= 11 is 7.10. The highest BCUT2D eigenvalue weighted by molar-refractivity contribution is 8.00. The first-order valence-electron chi connectivity index (χ1n) is 9.87. The van der Waals surface area contributed by atoms with Crippen LogP contribution in [0.4, 0.5) is 10.1 Å². The number of nitrogens with zero attached hydrogens (tertiary/aromatic N) is 2. The summed E-state index contributed by atoms with van der Waals surface area (Å²) in [6, 6.07) is 8.26. The Bertz CT molecular complexity index is 944. The van der Waals surface area contributed by atoms with Crippen LogP contribution in [0.3, 0.4) is 0 Å². The number of carbonyl (C=O) groups excluding carboxylic acids is 1. The number of anilines is 1. The monoisotopic (exact) mass is 431 g/mol. The standard InChI is InChI=1S/C22H23ClFN3OS/c1-2-20(21(28)26-16-9-10-18(24)17(23)12-16)29-22-15(13-25)11-14-7-5-3-4-6-8-19(14)27-22/h9-12,20H,2-8H2,1H3,(H,26,28). The second-order valence-electron chi connectivity index (χ2n) is 7.11. The number of pyridine rings is 1. The van der Waals surface area contributed by atoms with Gasteiger partial charge in [-0.1, -0.05) is 43.1 Å². The number of benzene rings is 1. The number of nitrogens with one attached hydrogen (secondary N) is 1. The number of aryl methyl sites for hydroxylation is 2. The number of thioether (sulfide) groups is 1. The van der Waals surface area contributed by atoms with Crippen LogP contribution in [0, 0.1) is 17.1 Å². The predicted molar refractivity (Wildman–Crippen MR) is 115 cm³/mol. The van der Waals surface area contributed by atoms with Crippen LogP contribution in [-0.4, -0.2) is 16.1 Å². The Morgan fingerprint density at radius 3 is 2.76 bits per heavy atom. The SMILES string of the molecule is CCC(Sc1nc2c(cc1C#N)CCCCCC2)C(=O)Nc1ccc(F)c(Cl)c1. The number of amides is 1. The number of halogens is 2. The van der Waals surface area contributed by atoms with E-state index in [1.54, 1.807) is 0 Å². The molecule has 0 saturated heterocycles. The maximum atomic E-state index is 13.3. The van der Waals surface area contributed by atoms with E-state index in [0.29, 0.717) is 22.7 Å². The highest BCUT2D eigenvalue weighted by atomic mass is 35.5. The summed E-state index contributed by atoms with van der Waals surface area (Å²) in [4.78, 5) is 17.5. The molecule has 1 aliphatic rings. The molecular formula is C22H23ClFN3OS. The van der Waals surface area contributed by atoms with Gasteiger partial charge in [0.2, 0.25) is 5.91 Å². The van der Waals surface area contributed by atoms with E-state index in [1.807, 2.05) is 13.0 Å². The summed E-state index contributed by atoms with van der Waals surface area (Å²) in [6.07, 6.45) is 7.05. The first-order valence-corrected chi connectivity index (χ1v) is 11.1. The zero-order valence-corrected chi connectivity index (χ0v) is 17.9. The minimum absolute atomic E-state index is 0.0430. The Labute approximate surface area is 179 Å². The fraction of sp³-hybridized carbons (Fsp3) is 0.409. The van der Waals surface area contributed by atoms with Crippen molar-refractivity contribution in [2.24, 2.45) is 0 Å². The van der Waals surface area contributed by atoms with Gasteiger partial charge < -0.3 is 5.32 Å². The van der Waals surface area contributed by atoms with Crippen molar-refractivity contribution in [2.45, 2.75) is 62.1 Å². The molecule has 7 heteroatoms. The number of hydrogen-bond acceptors (Lipinski definition) is 4. The van der Waals surface area contributed by atoms with Gasteiger partial charge in [0.05, 0.1) is 15.8 Å². The molecule has 0 spiro atoms. The lowest BCUT2D eigenvalue weighted by Gasteiger charge is -2.18. The highest BCUT2D eigenvalue weighted by Gasteiger charge is 2.22. The van der Waals surface area contributed by atoms with Gasteiger partial charge in [-0.25, -0.2) is 9.37 Å². The van der Waals surface area contributed by atoms with Crippen molar-refractivity contribution in [3.63, 3.8) is 0 Å². The summed E-state index contributed by atoms with van der Waals surface area (Å²) in [5.41, 5.74) is 3.16. The van der Waals surface area contributed by atoms with Crippen LogP contribution < -0.4 is 5.32 Å². The van der Waals surface area contributed by atoms with Crippen LogP contribution in [0.2, 0.25) is 5.02 Å². The third-order valence-corrected chi connectivity index (χ3v) is 6.65. The van der Waals surface area contributed by atoms with Crippen molar-refractivity contribution < 1.29 is 9.18 Å². The molecule has 3 rings (SSSR count). The van der Waals surface area contributed by atoms with Crippen molar-refractivity contribution in [3.8, 4) is 6.07 Å². The molecule has 2 aromatic rings. The van der Waals surface area contributed by atoms with Crippen molar-refractivity contribution in [2.75, 3.05) is 5.32 Å². The first-order chi connectivity index (χ1) is 14.0. The smallest absolute Gasteiger partial charge is 0.237 e. The fourth-order valence-electron chi connectivity index (χ4n) is 3.39. The highest BCUT2D eigenvalue weighted by Crippen LogP contribution is 2.31. The van der Waals surface area contributed by atoms with Gasteiger partial charge in [0.1, 0.15) is 16.9 Å². The molecule has 1 aromatic carbocycles. The average Bonchev–Trinajstić information content (AvgIpc) is 2.69. The molecule has 1 unspecified atom stereocenters. The van der Waals surface area contributed by atoms with E-state index in [0.717, 1.165) is 36.9 Å². The molecule has 4 nitrogen and oxygen atoms in total. The third-order valence-electron chi connectivity index (χ3n) is 4.99. The molecule has 0 saturated carbocycles. The summed E-state index contributed by atoms with van der Waals surface area (Å²) < 4.78 is 13.3. The lowest BCUT2D eigenvalue weighted by Crippen LogP contribution is -2.25. The zero-order chi connectivity index (χ0) is 20.8. The van der Waals surface area contributed by atoms with Gasteiger partial charge in [-0.05, 0) is 61.9 Å². The molecule has 152 valence electrons. The second-order valence-corrected chi connectivity index (χ2v) is 8.70. The van der Waals surface area contributed by atoms with Gasteiger partial charge in [-0.15, -0.1) is 0 Å². The Morgan fingerprint density at radius 1 is 1.31 bits per heavy atom. The quantitative estimate of drug-likeness (QED) is 0.597. The van der Waals surface area contributed by atoms with E-state index >= 15 is 0 Å². The van der Waals surface area contributed by atoms with Gasteiger partial charge >= 0.3 is 0 Å². The average molecular weight is 432 g/mol. The van der Waals surface area contributed by atoms with Crippen LogP contribution >= 0.6 is 23.4 Å². The van der Waals surface area contributed by atoms with E-state index in [2.05, 4.69) is 11.4 Å². The van der Waals surface area contributed by atoms with Gasteiger partial charge in [0.25, 0.3) is 0 Å². The molecule has 0 fully saturated rings. The topological polar surface area (TPSA) is 65.8 Å². The van der Waals surface area contributed by atoms with Gasteiger partial charge in [0.15, 0.2) is 0 Å². The van der Waals surface area contributed by atoms with Crippen LogP contribution in [0.5, 0.6) is 0 Å². The van der Waals surface area contributed by atoms with Crippen LogP contribution in [0.1, 0.15) is 55.8 Å².